The third-order valence-electron chi connectivity index (χ3n) is 6.32. The monoisotopic (exact) mass is 488 g/mol. The van der Waals surface area contributed by atoms with Crippen molar-refractivity contribution in [2.24, 2.45) is 0 Å². The Morgan fingerprint density at radius 2 is 1.72 bits per heavy atom. The fraction of sp³-hybridized carbons (Fsp3) is 0.300. The number of hydrogen-bond donors (Lipinski definition) is 1. The largest absolute Gasteiger partial charge is 0.488 e. The maximum Gasteiger partial charge on any atom is 0.336 e. The molecular formula is C30H32O6. The second kappa shape index (κ2) is 12.5. The SMILES string of the molecule is C=CCc1c(OCc2ccccc2)c(COCc2ccccc2)cc(C(=O)O)c1C1CCOC1OC. The van der Waals surface area contributed by atoms with Crippen LogP contribution in [0.2, 0.25) is 0 Å². The van der Waals surface area contributed by atoms with Gasteiger partial charge < -0.3 is 24.1 Å². The molecule has 1 aliphatic rings. The summed E-state index contributed by atoms with van der Waals surface area (Å²) in [7, 11) is 1.58. The molecule has 1 heterocycles. The second-order valence-corrected chi connectivity index (χ2v) is 8.73. The van der Waals surface area contributed by atoms with E-state index in [-0.39, 0.29) is 18.1 Å². The molecule has 0 aromatic heterocycles. The van der Waals surface area contributed by atoms with Gasteiger partial charge in [-0.15, -0.1) is 6.58 Å². The van der Waals surface area contributed by atoms with Gasteiger partial charge in [-0.1, -0.05) is 66.7 Å². The number of benzene rings is 3. The van der Waals surface area contributed by atoms with Crippen LogP contribution in [0, 0.1) is 0 Å². The summed E-state index contributed by atoms with van der Waals surface area (Å²) in [5.41, 5.74) is 4.43. The van der Waals surface area contributed by atoms with Crippen LogP contribution in [-0.4, -0.2) is 31.1 Å². The fourth-order valence-corrected chi connectivity index (χ4v) is 4.69. The van der Waals surface area contributed by atoms with Gasteiger partial charge in [-0.05, 0) is 35.6 Å². The standard InChI is InChI=1S/C30H32O6/c1-3-10-24-27(25-15-16-35-30(25)33-2)26(29(31)32)17-23(20-34-18-21-11-6-4-7-12-21)28(24)36-19-22-13-8-5-9-14-22/h3-9,11-14,17,25,30H,1,10,15-16,18-20H2,2H3,(H,31,32). The molecule has 1 aliphatic heterocycles. The number of carboxylic acid groups (broad SMARTS) is 1. The Morgan fingerprint density at radius 1 is 1.06 bits per heavy atom. The van der Waals surface area contributed by atoms with Crippen LogP contribution in [0.25, 0.3) is 0 Å². The van der Waals surface area contributed by atoms with Crippen LogP contribution in [0.5, 0.6) is 5.75 Å². The number of hydrogen-bond acceptors (Lipinski definition) is 5. The average molecular weight is 489 g/mol. The van der Waals surface area contributed by atoms with Crippen molar-refractivity contribution in [1.29, 1.82) is 0 Å². The van der Waals surface area contributed by atoms with Crippen molar-refractivity contribution in [3.8, 4) is 5.75 Å². The number of aromatic carboxylic acids is 1. The quantitative estimate of drug-likeness (QED) is 0.321. The summed E-state index contributed by atoms with van der Waals surface area (Å²) in [5, 5.41) is 10.2. The molecule has 0 aliphatic carbocycles. The smallest absolute Gasteiger partial charge is 0.336 e. The highest BCUT2D eigenvalue weighted by Gasteiger charge is 2.36. The molecule has 188 valence electrons. The number of carboxylic acids is 1. The van der Waals surface area contributed by atoms with Crippen LogP contribution >= 0.6 is 0 Å². The molecule has 1 N–H and O–H groups in total. The molecule has 0 amide bonds. The van der Waals surface area contributed by atoms with Gasteiger partial charge in [-0.2, -0.15) is 0 Å². The van der Waals surface area contributed by atoms with Gasteiger partial charge in [-0.3, -0.25) is 0 Å². The summed E-state index contributed by atoms with van der Waals surface area (Å²) in [6, 6.07) is 21.4. The van der Waals surface area contributed by atoms with Crippen molar-refractivity contribution in [2.75, 3.05) is 13.7 Å². The second-order valence-electron chi connectivity index (χ2n) is 8.73. The summed E-state index contributed by atoms with van der Waals surface area (Å²) in [4.78, 5) is 12.5. The summed E-state index contributed by atoms with van der Waals surface area (Å²) in [5.74, 6) is -0.598. The molecule has 1 saturated heterocycles. The summed E-state index contributed by atoms with van der Waals surface area (Å²) in [6.07, 6.45) is 2.35. The Kier molecular flexibility index (Phi) is 8.90. The minimum atomic E-state index is -1.00. The van der Waals surface area contributed by atoms with E-state index in [4.69, 9.17) is 18.9 Å². The van der Waals surface area contributed by atoms with Crippen molar-refractivity contribution < 1.29 is 28.8 Å². The van der Waals surface area contributed by atoms with E-state index < -0.39 is 12.3 Å². The van der Waals surface area contributed by atoms with E-state index in [1.54, 1.807) is 19.3 Å². The van der Waals surface area contributed by atoms with E-state index in [1.165, 1.54) is 0 Å². The van der Waals surface area contributed by atoms with Gasteiger partial charge in [-0.25, -0.2) is 4.79 Å². The summed E-state index contributed by atoms with van der Waals surface area (Å²) >= 11 is 0. The Morgan fingerprint density at radius 3 is 2.33 bits per heavy atom. The molecule has 6 heteroatoms. The molecule has 1 fully saturated rings. The molecule has 0 radical (unpaired) electrons. The minimum absolute atomic E-state index is 0.207. The minimum Gasteiger partial charge on any atom is -0.488 e. The average Bonchev–Trinajstić information content (AvgIpc) is 3.37. The molecule has 3 aromatic rings. The van der Waals surface area contributed by atoms with Gasteiger partial charge in [0.2, 0.25) is 0 Å². The highest BCUT2D eigenvalue weighted by atomic mass is 16.7. The topological polar surface area (TPSA) is 74.2 Å². The molecule has 4 rings (SSSR count). The lowest BCUT2D eigenvalue weighted by Gasteiger charge is -2.26. The van der Waals surface area contributed by atoms with E-state index >= 15 is 0 Å². The fourth-order valence-electron chi connectivity index (χ4n) is 4.69. The first-order chi connectivity index (χ1) is 17.6. The van der Waals surface area contributed by atoms with Gasteiger partial charge in [0.1, 0.15) is 12.4 Å². The number of allylic oxidation sites excluding steroid dienone is 1. The number of carbonyl (C=O) groups is 1. The zero-order valence-corrected chi connectivity index (χ0v) is 20.5. The molecular weight excluding hydrogens is 456 g/mol. The van der Waals surface area contributed by atoms with Crippen LogP contribution in [0.4, 0.5) is 0 Å². The number of methoxy groups -OCH3 is 1. The molecule has 36 heavy (non-hydrogen) atoms. The predicted molar refractivity (Wildman–Crippen MR) is 137 cm³/mol. The van der Waals surface area contributed by atoms with Gasteiger partial charge in [0.05, 0.1) is 25.4 Å². The molecule has 0 saturated carbocycles. The van der Waals surface area contributed by atoms with Gasteiger partial charge in [0, 0.05) is 24.2 Å². The van der Waals surface area contributed by atoms with E-state index in [2.05, 4.69) is 6.58 Å². The molecule has 2 unspecified atom stereocenters. The normalized spacial score (nSPS) is 17.1. The van der Waals surface area contributed by atoms with Gasteiger partial charge >= 0.3 is 5.97 Å². The maximum absolute atomic E-state index is 12.5. The lowest BCUT2D eigenvalue weighted by molar-refractivity contribution is -0.0965. The van der Waals surface area contributed by atoms with Crippen LogP contribution in [0.3, 0.4) is 0 Å². The lowest BCUT2D eigenvalue weighted by Crippen LogP contribution is -2.22. The van der Waals surface area contributed by atoms with Crippen molar-refractivity contribution in [3.63, 3.8) is 0 Å². The first-order valence-electron chi connectivity index (χ1n) is 12.1. The van der Waals surface area contributed by atoms with E-state index in [0.29, 0.717) is 49.5 Å². The van der Waals surface area contributed by atoms with Crippen molar-refractivity contribution in [3.05, 3.63) is 113 Å². The van der Waals surface area contributed by atoms with E-state index in [9.17, 15) is 9.90 Å². The lowest BCUT2D eigenvalue weighted by atomic mass is 9.84. The Bertz CT molecular complexity index is 1160. The third kappa shape index (κ3) is 6.02. The Hall–Kier alpha value is -3.45. The van der Waals surface area contributed by atoms with Crippen molar-refractivity contribution >= 4 is 5.97 Å². The summed E-state index contributed by atoms with van der Waals surface area (Å²) in [6.45, 7) is 5.39. The zero-order valence-electron chi connectivity index (χ0n) is 20.5. The Balaban J connectivity index is 1.76. The van der Waals surface area contributed by atoms with E-state index in [0.717, 1.165) is 16.7 Å². The molecule has 6 nitrogen and oxygen atoms in total. The Labute approximate surface area is 212 Å². The zero-order chi connectivity index (χ0) is 25.3. The summed E-state index contributed by atoms with van der Waals surface area (Å²) < 4.78 is 23.7. The first-order valence-corrected chi connectivity index (χ1v) is 12.1. The molecule has 2 atom stereocenters. The third-order valence-corrected chi connectivity index (χ3v) is 6.32. The maximum atomic E-state index is 12.5. The molecule has 3 aromatic carbocycles. The highest BCUT2D eigenvalue weighted by Crippen LogP contribution is 2.42. The van der Waals surface area contributed by atoms with Crippen LogP contribution in [0.1, 0.15) is 50.5 Å². The number of ether oxygens (including phenoxy) is 4. The van der Waals surface area contributed by atoms with Crippen LogP contribution < -0.4 is 4.74 Å². The van der Waals surface area contributed by atoms with Crippen LogP contribution in [-0.2, 0) is 40.5 Å². The van der Waals surface area contributed by atoms with Gasteiger partial charge in [0.25, 0.3) is 0 Å². The predicted octanol–water partition coefficient (Wildman–Crippen LogP) is 5.89. The van der Waals surface area contributed by atoms with Crippen molar-refractivity contribution in [2.45, 2.75) is 44.9 Å². The van der Waals surface area contributed by atoms with Crippen LogP contribution in [0.15, 0.2) is 79.4 Å². The molecule has 0 spiro atoms. The highest BCUT2D eigenvalue weighted by molar-refractivity contribution is 5.91. The van der Waals surface area contributed by atoms with E-state index in [1.807, 2.05) is 60.7 Å². The van der Waals surface area contributed by atoms with Gasteiger partial charge in [0.15, 0.2) is 6.29 Å². The first kappa shape index (κ1) is 25.6. The molecule has 0 bridgehead atoms. The number of rotatable bonds is 12. The van der Waals surface area contributed by atoms with Crippen molar-refractivity contribution in [1.82, 2.24) is 0 Å².